The Morgan fingerprint density at radius 1 is 1.06 bits per heavy atom. The van der Waals surface area contributed by atoms with E-state index in [0.717, 1.165) is 24.0 Å². The SMILES string of the molecule is COc1cc(CN(C)C(=O)COC(=O)C[C@H]2C=CCC2)ccc1OCc1ccccc1. The molecule has 1 atom stereocenters. The summed E-state index contributed by atoms with van der Waals surface area (Å²) in [6, 6.07) is 15.5. The molecule has 2 aromatic carbocycles. The molecule has 0 saturated heterocycles. The number of hydrogen-bond donors (Lipinski definition) is 0. The van der Waals surface area contributed by atoms with Gasteiger partial charge in [0.05, 0.1) is 13.5 Å². The summed E-state index contributed by atoms with van der Waals surface area (Å²) < 4.78 is 16.5. The maximum atomic E-state index is 12.3. The van der Waals surface area contributed by atoms with E-state index in [1.54, 1.807) is 14.2 Å². The Bertz CT molecular complexity index is 909. The molecule has 0 aliphatic heterocycles. The Labute approximate surface area is 183 Å². The van der Waals surface area contributed by atoms with Gasteiger partial charge >= 0.3 is 5.97 Å². The molecule has 0 bridgehead atoms. The monoisotopic (exact) mass is 423 g/mol. The van der Waals surface area contributed by atoms with E-state index in [9.17, 15) is 9.59 Å². The van der Waals surface area contributed by atoms with Crippen LogP contribution in [0.5, 0.6) is 11.5 Å². The predicted octanol–water partition coefficient (Wildman–Crippen LogP) is 4.13. The Balaban J connectivity index is 1.49. The zero-order valence-corrected chi connectivity index (χ0v) is 18.1. The average Bonchev–Trinajstić information content (AvgIpc) is 3.30. The highest BCUT2D eigenvalue weighted by Crippen LogP contribution is 2.29. The van der Waals surface area contributed by atoms with Crippen molar-refractivity contribution in [2.24, 2.45) is 5.92 Å². The predicted molar refractivity (Wildman–Crippen MR) is 118 cm³/mol. The molecule has 0 heterocycles. The maximum absolute atomic E-state index is 12.3. The van der Waals surface area contributed by atoms with Gasteiger partial charge in [-0.3, -0.25) is 9.59 Å². The van der Waals surface area contributed by atoms with Crippen LogP contribution in [0.1, 0.15) is 30.4 Å². The molecule has 31 heavy (non-hydrogen) atoms. The van der Waals surface area contributed by atoms with Gasteiger partial charge in [0, 0.05) is 13.6 Å². The first-order chi connectivity index (χ1) is 15.0. The van der Waals surface area contributed by atoms with Crippen molar-refractivity contribution in [3.8, 4) is 11.5 Å². The number of carbonyl (C=O) groups is 2. The topological polar surface area (TPSA) is 65.1 Å². The third kappa shape index (κ3) is 6.88. The molecule has 6 heteroatoms. The van der Waals surface area contributed by atoms with Crippen LogP contribution in [0.2, 0.25) is 0 Å². The molecule has 2 aromatic rings. The Morgan fingerprint density at radius 3 is 2.58 bits per heavy atom. The standard InChI is InChI=1S/C25H29NO5/c1-26(24(27)18-31-25(28)15-19-8-6-7-9-19)16-21-12-13-22(23(14-21)29-2)30-17-20-10-4-3-5-11-20/h3-6,8,10-14,19H,7,9,15-18H2,1-2H3/t19-/m0/s1. The minimum Gasteiger partial charge on any atom is -0.493 e. The number of amides is 1. The van der Waals surface area contributed by atoms with Gasteiger partial charge in [0.2, 0.25) is 0 Å². The van der Waals surface area contributed by atoms with Crippen LogP contribution in [-0.4, -0.2) is 37.5 Å². The number of allylic oxidation sites excluding steroid dienone is 2. The number of likely N-dealkylation sites (N-methyl/N-ethyl adjacent to an activating group) is 1. The number of carbonyl (C=O) groups excluding carboxylic acids is 2. The quantitative estimate of drug-likeness (QED) is 0.425. The number of benzene rings is 2. The van der Waals surface area contributed by atoms with Crippen LogP contribution in [-0.2, 0) is 27.5 Å². The molecule has 164 valence electrons. The lowest BCUT2D eigenvalue weighted by atomic mass is 10.1. The molecule has 1 aliphatic rings. The van der Waals surface area contributed by atoms with Crippen molar-refractivity contribution < 1.29 is 23.8 Å². The first kappa shape index (κ1) is 22.4. The number of esters is 1. The van der Waals surface area contributed by atoms with E-state index in [1.807, 2.05) is 54.6 Å². The molecule has 0 spiro atoms. The molecular weight excluding hydrogens is 394 g/mol. The largest absolute Gasteiger partial charge is 0.493 e. The first-order valence-corrected chi connectivity index (χ1v) is 10.4. The fourth-order valence-corrected chi connectivity index (χ4v) is 3.42. The number of rotatable bonds is 10. The second-order valence-corrected chi connectivity index (χ2v) is 7.64. The highest BCUT2D eigenvalue weighted by atomic mass is 16.5. The zero-order chi connectivity index (χ0) is 22.1. The van der Waals surface area contributed by atoms with E-state index in [0.29, 0.717) is 31.1 Å². The van der Waals surface area contributed by atoms with Crippen molar-refractivity contribution in [2.45, 2.75) is 32.4 Å². The molecule has 6 nitrogen and oxygen atoms in total. The molecule has 0 radical (unpaired) electrons. The van der Waals surface area contributed by atoms with Crippen molar-refractivity contribution in [1.29, 1.82) is 0 Å². The summed E-state index contributed by atoms with van der Waals surface area (Å²) in [5.41, 5.74) is 1.96. The Hall–Kier alpha value is -3.28. The van der Waals surface area contributed by atoms with Crippen molar-refractivity contribution in [1.82, 2.24) is 4.90 Å². The van der Waals surface area contributed by atoms with Gasteiger partial charge < -0.3 is 19.1 Å². The number of nitrogens with zero attached hydrogens (tertiary/aromatic N) is 1. The van der Waals surface area contributed by atoms with Gasteiger partial charge in [0.25, 0.3) is 5.91 Å². The van der Waals surface area contributed by atoms with Crippen molar-refractivity contribution >= 4 is 11.9 Å². The minimum atomic E-state index is -0.333. The van der Waals surface area contributed by atoms with Crippen LogP contribution in [0.4, 0.5) is 0 Å². The van der Waals surface area contributed by atoms with E-state index in [2.05, 4.69) is 6.08 Å². The second-order valence-electron chi connectivity index (χ2n) is 7.64. The van der Waals surface area contributed by atoms with Crippen LogP contribution >= 0.6 is 0 Å². The van der Waals surface area contributed by atoms with Crippen molar-refractivity contribution in [3.63, 3.8) is 0 Å². The van der Waals surface area contributed by atoms with Gasteiger partial charge in [-0.2, -0.15) is 0 Å². The van der Waals surface area contributed by atoms with E-state index in [-0.39, 0.29) is 24.4 Å². The summed E-state index contributed by atoms with van der Waals surface area (Å²) in [7, 11) is 3.27. The summed E-state index contributed by atoms with van der Waals surface area (Å²) in [6.45, 7) is 0.565. The van der Waals surface area contributed by atoms with Gasteiger partial charge in [-0.05, 0) is 42.0 Å². The van der Waals surface area contributed by atoms with E-state index in [4.69, 9.17) is 14.2 Å². The van der Waals surface area contributed by atoms with Crippen molar-refractivity contribution in [3.05, 3.63) is 71.8 Å². The summed E-state index contributed by atoms with van der Waals surface area (Å²) in [5.74, 6) is 0.887. The normalized spacial score (nSPS) is 14.8. The van der Waals surface area contributed by atoms with E-state index >= 15 is 0 Å². The molecule has 1 aliphatic carbocycles. The van der Waals surface area contributed by atoms with Crippen LogP contribution in [0.3, 0.4) is 0 Å². The highest BCUT2D eigenvalue weighted by Gasteiger charge is 2.18. The number of hydrogen-bond acceptors (Lipinski definition) is 5. The molecule has 0 fully saturated rings. The number of methoxy groups -OCH3 is 1. The molecule has 3 rings (SSSR count). The fourth-order valence-electron chi connectivity index (χ4n) is 3.42. The summed E-state index contributed by atoms with van der Waals surface area (Å²) in [4.78, 5) is 25.8. The lowest BCUT2D eigenvalue weighted by molar-refractivity contribution is -0.152. The average molecular weight is 424 g/mol. The molecule has 0 aromatic heterocycles. The zero-order valence-electron chi connectivity index (χ0n) is 18.1. The van der Waals surface area contributed by atoms with Crippen LogP contribution < -0.4 is 9.47 Å². The Morgan fingerprint density at radius 2 is 1.87 bits per heavy atom. The third-order valence-electron chi connectivity index (χ3n) is 5.21. The lowest BCUT2D eigenvalue weighted by Crippen LogP contribution is -2.31. The lowest BCUT2D eigenvalue weighted by Gasteiger charge is -2.19. The van der Waals surface area contributed by atoms with Gasteiger partial charge in [0.1, 0.15) is 6.61 Å². The van der Waals surface area contributed by atoms with Gasteiger partial charge in [-0.15, -0.1) is 0 Å². The first-order valence-electron chi connectivity index (χ1n) is 10.4. The molecule has 0 N–H and O–H groups in total. The maximum Gasteiger partial charge on any atom is 0.306 e. The second kappa shape index (κ2) is 11.2. The van der Waals surface area contributed by atoms with Crippen LogP contribution in [0.25, 0.3) is 0 Å². The molecular formula is C25H29NO5. The third-order valence-corrected chi connectivity index (χ3v) is 5.21. The fraction of sp³-hybridized carbons (Fsp3) is 0.360. The Kier molecular flexibility index (Phi) is 8.10. The van der Waals surface area contributed by atoms with Gasteiger partial charge in [-0.1, -0.05) is 48.6 Å². The van der Waals surface area contributed by atoms with Gasteiger partial charge in [0.15, 0.2) is 18.1 Å². The van der Waals surface area contributed by atoms with Gasteiger partial charge in [-0.25, -0.2) is 0 Å². The summed E-state index contributed by atoms with van der Waals surface area (Å²) in [5, 5.41) is 0. The summed E-state index contributed by atoms with van der Waals surface area (Å²) >= 11 is 0. The van der Waals surface area contributed by atoms with Crippen molar-refractivity contribution in [2.75, 3.05) is 20.8 Å². The van der Waals surface area contributed by atoms with Crippen LogP contribution in [0, 0.1) is 5.92 Å². The molecule has 0 saturated carbocycles. The van der Waals surface area contributed by atoms with E-state index < -0.39 is 0 Å². The highest BCUT2D eigenvalue weighted by molar-refractivity contribution is 5.80. The van der Waals surface area contributed by atoms with E-state index in [1.165, 1.54) is 4.90 Å². The minimum absolute atomic E-state index is 0.232. The number of ether oxygens (including phenoxy) is 3. The van der Waals surface area contributed by atoms with Crippen LogP contribution in [0.15, 0.2) is 60.7 Å². The molecule has 0 unspecified atom stereocenters. The molecule has 1 amide bonds. The summed E-state index contributed by atoms with van der Waals surface area (Å²) in [6.07, 6.45) is 6.41. The smallest absolute Gasteiger partial charge is 0.306 e.